The Morgan fingerprint density at radius 3 is 2.79 bits per heavy atom. The summed E-state index contributed by atoms with van der Waals surface area (Å²) in [6.07, 6.45) is 2.68. The highest BCUT2D eigenvalue weighted by Gasteiger charge is 2.34. The number of hydrogen-bond acceptors (Lipinski definition) is 3. The number of carbonyl (C=O) groups is 2. The Hall–Kier alpha value is -2.14. The average Bonchev–Trinajstić information content (AvgIpc) is 3.30. The maximum absolute atomic E-state index is 13.0. The van der Waals surface area contributed by atoms with Crippen LogP contribution in [0.3, 0.4) is 0 Å². The van der Waals surface area contributed by atoms with E-state index in [0.717, 1.165) is 42.9 Å². The van der Waals surface area contributed by atoms with Crippen molar-refractivity contribution < 1.29 is 9.59 Å². The smallest absolute Gasteiger partial charge is 0.263 e. The molecule has 1 atom stereocenters. The lowest BCUT2D eigenvalue weighted by Crippen LogP contribution is -2.46. The molecule has 2 aliphatic heterocycles. The van der Waals surface area contributed by atoms with Gasteiger partial charge in [-0.05, 0) is 42.3 Å². The number of anilines is 1. The molecule has 1 fully saturated rings. The fraction of sp³-hybridized carbons (Fsp3) is 0.368. The van der Waals surface area contributed by atoms with Crippen molar-refractivity contribution >= 4 is 28.8 Å². The second-order valence-corrected chi connectivity index (χ2v) is 7.38. The van der Waals surface area contributed by atoms with Crippen molar-refractivity contribution in [3.8, 4) is 0 Å². The number of nitrogens with zero attached hydrogens (tertiary/aromatic N) is 2. The molecule has 0 saturated carbocycles. The van der Waals surface area contributed by atoms with Crippen molar-refractivity contribution in [2.75, 3.05) is 24.5 Å². The average molecular weight is 340 g/mol. The monoisotopic (exact) mass is 340 g/mol. The standard InChI is InChI=1S/C19H20N2O2S/c22-18(21-11-9-14-5-1-2-7-16(14)21)15-6-3-10-20(13-15)19(23)17-8-4-12-24-17/h1-2,4-5,7-8,12,15H,3,6,9-11,13H2. The van der Waals surface area contributed by atoms with E-state index >= 15 is 0 Å². The third-order valence-electron chi connectivity index (χ3n) is 4.94. The number of benzene rings is 1. The molecule has 24 heavy (non-hydrogen) atoms. The number of hydrogen-bond donors (Lipinski definition) is 0. The third-order valence-corrected chi connectivity index (χ3v) is 5.80. The predicted octanol–water partition coefficient (Wildman–Crippen LogP) is 3.19. The molecule has 1 unspecified atom stereocenters. The van der Waals surface area contributed by atoms with Crippen molar-refractivity contribution in [2.45, 2.75) is 19.3 Å². The molecule has 1 aromatic carbocycles. The molecule has 4 nitrogen and oxygen atoms in total. The van der Waals surface area contributed by atoms with E-state index in [4.69, 9.17) is 0 Å². The van der Waals surface area contributed by atoms with Crippen molar-refractivity contribution in [1.82, 2.24) is 4.90 Å². The molecular weight excluding hydrogens is 320 g/mol. The first-order chi connectivity index (χ1) is 11.7. The highest BCUT2D eigenvalue weighted by molar-refractivity contribution is 7.12. The van der Waals surface area contributed by atoms with Gasteiger partial charge in [-0.15, -0.1) is 11.3 Å². The SMILES string of the molecule is O=C(c1cccs1)N1CCCC(C(=O)N2CCc3ccccc32)C1. The Balaban J connectivity index is 1.48. The molecule has 4 rings (SSSR count). The second-order valence-electron chi connectivity index (χ2n) is 6.44. The van der Waals surface area contributed by atoms with Gasteiger partial charge in [0.05, 0.1) is 10.8 Å². The van der Waals surface area contributed by atoms with Crippen LogP contribution in [-0.2, 0) is 11.2 Å². The van der Waals surface area contributed by atoms with Crippen LogP contribution < -0.4 is 4.90 Å². The quantitative estimate of drug-likeness (QED) is 0.842. The van der Waals surface area contributed by atoms with Crippen LogP contribution in [-0.4, -0.2) is 36.3 Å². The van der Waals surface area contributed by atoms with Gasteiger partial charge in [-0.25, -0.2) is 0 Å². The van der Waals surface area contributed by atoms with Gasteiger partial charge in [0, 0.05) is 25.3 Å². The molecule has 1 aromatic heterocycles. The number of piperidine rings is 1. The van der Waals surface area contributed by atoms with Crippen LogP contribution >= 0.6 is 11.3 Å². The van der Waals surface area contributed by atoms with Crippen molar-refractivity contribution in [1.29, 1.82) is 0 Å². The number of rotatable bonds is 2. The van der Waals surface area contributed by atoms with E-state index in [1.165, 1.54) is 16.9 Å². The minimum atomic E-state index is -0.0891. The molecule has 2 amide bonds. The topological polar surface area (TPSA) is 40.6 Å². The summed E-state index contributed by atoms with van der Waals surface area (Å²) in [4.78, 5) is 30.1. The van der Waals surface area contributed by atoms with E-state index < -0.39 is 0 Å². The zero-order valence-electron chi connectivity index (χ0n) is 13.5. The second kappa shape index (κ2) is 6.40. The minimum Gasteiger partial charge on any atom is -0.337 e. The Bertz CT molecular complexity index is 756. The zero-order chi connectivity index (χ0) is 16.5. The molecule has 0 radical (unpaired) electrons. The van der Waals surface area contributed by atoms with Gasteiger partial charge in [0.1, 0.15) is 0 Å². The van der Waals surface area contributed by atoms with E-state index in [1.807, 2.05) is 45.5 Å². The summed E-state index contributed by atoms with van der Waals surface area (Å²) >= 11 is 1.46. The van der Waals surface area contributed by atoms with Crippen LogP contribution in [0, 0.1) is 5.92 Å². The summed E-state index contributed by atoms with van der Waals surface area (Å²) in [5, 5.41) is 1.92. The number of amides is 2. The maximum atomic E-state index is 13.0. The summed E-state index contributed by atoms with van der Waals surface area (Å²) in [5.74, 6) is 0.141. The zero-order valence-corrected chi connectivity index (χ0v) is 14.3. The highest BCUT2D eigenvalue weighted by Crippen LogP contribution is 2.31. The lowest BCUT2D eigenvalue weighted by Gasteiger charge is -2.34. The molecule has 1 saturated heterocycles. The van der Waals surface area contributed by atoms with Gasteiger partial charge in [0.25, 0.3) is 5.91 Å². The maximum Gasteiger partial charge on any atom is 0.263 e. The van der Waals surface area contributed by atoms with Gasteiger partial charge in [0.2, 0.25) is 5.91 Å². The molecule has 3 heterocycles. The van der Waals surface area contributed by atoms with Gasteiger partial charge < -0.3 is 9.80 Å². The lowest BCUT2D eigenvalue weighted by atomic mass is 9.96. The van der Waals surface area contributed by atoms with E-state index in [0.29, 0.717) is 6.54 Å². The van der Waals surface area contributed by atoms with Gasteiger partial charge in [-0.2, -0.15) is 0 Å². The van der Waals surface area contributed by atoms with Crippen LogP contribution in [0.5, 0.6) is 0 Å². The number of thiophene rings is 1. The molecule has 0 N–H and O–H groups in total. The lowest BCUT2D eigenvalue weighted by molar-refractivity contribution is -0.123. The largest absolute Gasteiger partial charge is 0.337 e. The predicted molar refractivity (Wildman–Crippen MR) is 95.4 cm³/mol. The van der Waals surface area contributed by atoms with Crippen LogP contribution in [0.15, 0.2) is 41.8 Å². The Morgan fingerprint density at radius 1 is 1.08 bits per heavy atom. The normalized spacial score (nSPS) is 20.1. The van der Waals surface area contributed by atoms with Crippen molar-refractivity contribution in [3.63, 3.8) is 0 Å². The van der Waals surface area contributed by atoms with E-state index in [1.54, 1.807) is 0 Å². The Kier molecular flexibility index (Phi) is 4.10. The number of para-hydroxylation sites is 1. The Morgan fingerprint density at radius 2 is 1.96 bits per heavy atom. The summed E-state index contributed by atoms with van der Waals surface area (Å²) in [7, 11) is 0. The number of likely N-dealkylation sites (tertiary alicyclic amines) is 1. The highest BCUT2D eigenvalue weighted by atomic mass is 32.1. The van der Waals surface area contributed by atoms with Crippen molar-refractivity contribution in [2.24, 2.45) is 5.92 Å². The first kappa shape index (κ1) is 15.4. The molecule has 0 spiro atoms. The minimum absolute atomic E-state index is 0.0596. The molecule has 124 valence electrons. The van der Waals surface area contributed by atoms with E-state index in [-0.39, 0.29) is 17.7 Å². The first-order valence-electron chi connectivity index (χ1n) is 8.46. The Labute approximate surface area is 145 Å². The van der Waals surface area contributed by atoms with E-state index in [9.17, 15) is 9.59 Å². The molecular formula is C19H20N2O2S. The molecule has 0 bridgehead atoms. The van der Waals surface area contributed by atoms with Crippen LogP contribution in [0.1, 0.15) is 28.1 Å². The number of carbonyl (C=O) groups excluding carboxylic acids is 2. The molecule has 0 aliphatic carbocycles. The summed E-state index contributed by atoms with van der Waals surface area (Å²) in [6.45, 7) is 2.04. The first-order valence-corrected chi connectivity index (χ1v) is 9.34. The molecule has 2 aliphatic rings. The van der Waals surface area contributed by atoms with Crippen molar-refractivity contribution in [3.05, 3.63) is 52.2 Å². The number of fused-ring (bicyclic) bond motifs is 1. The van der Waals surface area contributed by atoms with E-state index in [2.05, 4.69) is 6.07 Å². The van der Waals surface area contributed by atoms with Crippen LogP contribution in [0.25, 0.3) is 0 Å². The summed E-state index contributed by atoms with van der Waals surface area (Å²) < 4.78 is 0. The van der Waals surface area contributed by atoms with Crippen LogP contribution in [0.2, 0.25) is 0 Å². The van der Waals surface area contributed by atoms with Gasteiger partial charge in [0.15, 0.2) is 0 Å². The summed E-state index contributed by atoms with van der Waals surface area (Å²) in [5.41, 5.74) is 2.29. The fourth-order valence-electron chi connectivity index (χ4n) is 3.71. The summed E-state index contributed by atoms with van der Waals surface area (Å²) in [6, 6.07) is 11.9. The van der Waals surface area contributed by atoms with Gasteiger partial charge in [-0.1, -0.05) is 24.3 Å². The van der Waals surface area contributed by atoms with Gasteiger partial charge >= 0.3 is 0 Å². The van der Waals surface area contributed by atoms with Crippen LogP contribution in [0.4, 0.5) is 5.69 Å². The molecule has 2 aromatic rings. The fourth-order valence-corrected chi connectivity index (χ4v) is 4.40. The third kappa shape index (κ3) is 2.73. The molecule has 5 heteroatoms. The van der Waals surface area contributed by atoms with Gasteiger partial charge in [-0.3, -0.25) is 9.59 Å².